The fraction of sp³-hybridized carbons (Fsp3) is 0.444. The first-order valence-corrected chi connectivity index (χ1v) is 4.29. The van der Waals surface area contributed by atoms with Gasteiger partial charge in [0, 0.05) is 12.7 Å². The molecule has 1 aromatic heterocycles. The molecule has 0 aliphatic carbocycles. The molecule has 1 atom stereocenters. The summed E-state index contributed by atoms with van der Waals surface area (Å²) in [6.07, 6.45) is 3.09. The van der Waals surface area contributed by atoms with Crippen molar-refractivity contribution in [1.82, 2.24) is 14.9 Å². The molecule has 0 aliphatic rings. The Labute approximate surface area is 82.4 Å². The molecule has 5 nitrogen and oxygen atoms in total. The highest BCUT2D eigenvalue weighted by Crippen LogP contribution is 2.02. The van der Waals surface area contributed by atoms with Gasteiger partial charge >= 0.3 is 5.97 Å². The van der Waals surface area contributed by atoms with Crippen LogP contribution in [0.15, 0.2) is 18.6 Å². The average molecular weight is 195 g/mol. The van der Waals surface area contributed by atoms with Crippen molar-refractivity contribution in [3.8, 4) is 0 Å². The summed E-state index contributed by atoms with van der Waals surface area (Å²) in [5.74, 6) is -0.832. The molecule has 76 valence electrons. The molecule has 0 fully saturated rings. The van der Waals surface area contributed by atoms with E-state index in [1.165, 1.54) is 6.33 Å². The topological polar surface area (TPSA) is 66.3 Å². The summed E-state index contributed by atoms with van der Waals surface area (Å²) in [6, 6.07) is 1.26. The average Bonchev–Trinajstić information content (AvgIpc) is 2.18. The lowest BCUT2D eigenvalue weighted by atomic mass is 10.3. The van der Waals surface area contributed by atoms with E-state index in [-0.39, 0.29) is 0 Å². The number of likely N-dealkylation sites (N-methyl/N-ethyl adjacent to an activating group) is 1. The molecule has 1 heterocycles. The molecule has 0 saturated carbocycles. The molecule has 0 amide bonds. The van der Waals surface area contributed by atoms with Gasteiger partial charge < -0.3 is 5.11 Å². The third kappa shape index (κ3) is 2.77. The molecule has 1 unspecified atom stereocenters. The van der Waals surface area contributed by atoms with Crippen LogP contribution in [0.3, 0.4) is 0 Å². The van der Waals surface area contributed by atoms with Crippen molar-refractivity contribution in [2.24, 2.45) is 0 Å². The SMILES string of the molecule is CC(C(=O)O)N(C)Cc1ccncn1. The zero-order valence-electron chi connectivity index (χ0n) is 8.21. The molecule has 1 rings (SSSR count). The fourth-order valence-electron chi connectivity index (χ4n) is 0.993. The van der Waals surface area contributed by atoms with Crippen LogP contribution < -0.4 is 0 Å². The second kappa shape index (κ2) is 4.66. The number of hydrogen-bond donors (Lipinski definition) is 1. The van der Waals surface area contributed by atoms with Crippen LogP contribution in [0.25, 0.3) is 0 Å². The Morgan fingerprint density at radius 2 is 2.43 bits per heavy atom. The summed E-state index contributed by atoms with van der Waals surface area (Å²) in [6.45, 7) is 2.15. The number of nitrogens with zero attached hydrogens (tertiary/aromatic N) is 3. The van der Waals surface area contributed by atoms with E-state index >= 15 is 0 Å². The number of carboxylic acids is 1. The number of aliphatic carboxylic acids is 1. The third-order valence-corrected chi connectivity index (χ3v) is 2.07. The molecule has 0 bridgehead atoms. The minimum atomic E-state index is -0.832. The largest absolute Gasteiger partial charge is 0.480 e. The Bertz CT molecular complexity index is 302. The molecule has 0 aliphatic heterocycles. The predicted molar refractivity (Wildman–Crippen MR) is 50.6 cm³/mol. The van der Waals surface area contributed by atoms with E-state index < -0.39 is 12.0 Å². The van der Waals surface area contributed by atoms with E-state index in [1.54, 1.807) is 31.1 Å². The van der Waals surface area contributed by atoms with Gasteiger partial charge in [0.25, 0.3) is 0 Å². The third-order valence-electron chi connectivity index (χ3n) is 2.07. The molecule has 1 N–H and O–H groups in total. The normalized spacial score (nSPS) is 12.8. The minimum absolute atomic E-state index is 0.509. The highest BCUT2D eigenvalue weighted by Gasteiger charge is 2.16. The van der Waals surface area contributed by atoms with E-state index in [0.717, 1.165) is 5.69 Å². The van der Waals surface area contributed by atoms with Crippen molar-refractivity contribution < 1.29 is 9.90 Å². The fourth-order valence-corrected chi connectivity index (χ4v) is 0.993. The first kappa shape index (κ1) is 10.6. The highest BCUT2D eigenvalue weighted by atomic mass is 16.4. The van der Waals surface area contributed by atoms with Crippen LogP contribution in [-0.4, -0.2) is 39.0 Å². The van der Waals surface area contributed by atoms with Gasteiger partial charge in [-0.05, 0) is 20.0 Å². The van der Waals surface area contributed by atoms with Crippen LogP contribution in [-0.2, 0) is 11.3 Å². The van der Waals surface area contributed by atoms with Crippen molar-refractivity contribution in [1.29, 1.82) is 0 Å². The Balaban J connectivity index is 2.57. The number of rotatable bonds is 4. The molecule has 1 aromatic rings. The minimum Gasteiger partial charge on any atom is -0.480 e. The van der Waals surface area contributed by atoms with E-state index in [0.29, 0.717) is 6.54 Å². The summed E-state index contributed by atoms with van der Waals surface area (Å²) < 4.78 is 0. The van der Waals surface area contributed by atoms with Crippen LogP contribution >= 0.6 is 0 Å². The second-order valence-corrected chi connectivity index (χ2v) is 3.13. The molecule has 0 spiro atoms. The van der Waals surface area contributed by atoms with E-state index in [4.69, 9.17) is 5.11 Å². The molecular weight excluding hydrogens is 182 g/mol. The summed E-state index contributed by atoms with van der Waals surface area (Å²) in [5.41, 5.74) is 0.815. The molecule has 14 heavy (non-hydrogen) atoms. The van der Waals surface area contributed by atoms with Crippen LogP contribution in [0, 0.1) is 0 Å². The van der Waals surface area contributed by atoms with Gasteiger partial charge in [-0.3, -0.25) is 9.69 Å². The summed E-state index contributed by atoms with van der Waals surface area (Å²) >= 11 is 0. The molecule has 0 radical (unpaired) electrons. The van der Waals surface area contributed by atoms with E-state index in [1.807, 2.05) is 0 Å². The van der Waals surface area contributed by atoms with Crippen molar-refractivity contribution in [2.45, 2.75) is 19.5 Å². The number of hydrogen-bond acceptors (Lipinski definition) is 4. The standard InChI is InChI=1S/C9H13N3O2/c1-7(9(13)14)12(2)5-8-3-4-10-6-11-8/h3-4,6-7H,5H2,1-2H3,(H,13,14). The monoisotopic (exact) mass is 195 g/mol. The van der Waals surface area contributed by atoms with Crippen LogP contribution in [0.2, 0.25) is 0 Å². The van der Waals surface area contributed by atoms with Crippen molar-refractivity contribution >= 4 is 5.97 Å². The first-order chi connectivity index (χ1) is 6.61. The second-order valence-electron chi connectivity index (χ2n) is 3.13. The van der Waals surface area contributed by atoms with Gasteiger partial charge in [0.1, 0.15) is 12.4 Å². The molecular formula is C9H13N3O2. The van der Waals surface area contributed by atoms with Gasteiger partial charge in [0.05, 0.1) is 5.69 Å². The maximum Gasteiger partial charge on any atom is 0.320 e. The quantitative estimate of drug-likeness (QED) is 0.752. The summed E-state index contributed by atoms with van der Waals surface area (Å²) in [7, 11) is 1.75. The van der Waals surface area contributed by atoms with Gasteiger partial charge in [-0.15, -0.1) is 0 Å². The van der Waals surface area contributed by atoms with Crippen LogP contribution in [0.1, 0.15) is 12.6 Å². The van der Waals surface area contributed by atoms with Gasteiger partial charge in [-0.25, -0.2) is 9.97 Å². The molecule has 0 saturated heterocycles. The molecule has 5 heteroatoms. The van der Waals surface area contributed by atoms with Gasteiger partial charge in [-0.2, -0.15) is 0 Å². The van der Waals surface area contributed by atoms with Crippen molar-refractivity contribution in [3.05, 3.63) is 24.3 Å². The summed E-state index contributed by atoms with van der Waals surface area (Å²) in [5, 5.41) is 8.76. The number of carboxylic acid groups (broad SMARTS) is 1. The number of carbonyl (C=O) groups is 1. The Hall–Kier alpha value is -1.49. The Morgan fingerprint density at radius 1 is 1.71 bits per heavy atom. The smallest absolute Gasteiger partial charge is 0.320 e. The maximum atomic E-state index is 10.7. The maximum absolute atomic E-state index is 10.7. The lowest BCUT2D eigenvalue weighted by molar-refractivity contribution is -0.142. The van der Waals surface area contributed by atoms with Gasteiger partial charge in [0.2, 0.25) is 0 Å². The number of aromatic nitrogens is 2. The highest BCUT2D eigenvalue weighted by molar-refractivity contribution is 5.72. The zero-order chi connectivity index (χ0) is 10.6. The van der Waals surface area contributed by atoms with Crippen LogP contribution in [0.5, 0.6) is 0 Å². The first-order valence-electron chi connectivity index (χ1n) is 4.29. The van der Waals surface area contributed by atoms with E-state index in [9.17, 15) is 4.79 Å². The Morgan fingerprint density at radius 3 is 2.93 bits per heavy atom. The van der Waals surface area contributed by atoms with Gasteiger partial charge in [0.15, 0.2) is 0 Å². The molecule has 0 aromatic carbocycles. The van der Waals surface area contributed by atoms with Crippen molar-refractivity contribution in [3.63, 3.8) is 0 Å². The Kier molecular flexibility index (Phi) is 3.53. The lowest BCUT2D eigenvalue weighted by Crippen LogP contribution is -2.35. The lowest BCUT2D eigenvalue weighted by Gasteiger charge is -2.20. The van der Waals surface area contributed by atoms with Crippen LogP contribution in [0.4, 0.5) is 0 Å². The van der Waals surface area contributed by atoms with E-state index in [2.05, 4.69) is 9.97 Å². The van der Waals surface area contributed by atoms with Gasteiger partial charge in [-0.1, -0.05) is 0 Å². The zero-order valence-corrected chi connectivity index (χ0v) is 8.21. The summed E-state index contributed by atoms with van der Waals surface area (Å²) in [4.78, 5) is 20.2. The predicted octanol–water partition coefficient (Wildman–Crippen LogP) is 0.381. The van der Waals surface area contributed by atoms with Crippen molar-refractivity contribution in [2.75, 3.05) is 7.05 Å².